The minimum Gasteiger partial charge on any atom is -0.350 e. The second kappa shape index (κ2) is 10.5. The Morgan fingerprint density at radius 1 is 1.12 bits per heavy atom. The van der Waals surface area contributed by atoms with Crippen molar-refractivity contribution >= 4 is 23.6 Å². The van der Waals surface area contributed by atoms with E-state index >= 15 is 0 Å². The minimum absolute atomic E-state index is 0.0173. The van der Waals surface area contributed by atoms with E-state index in [4.69, 9.17) is 5.10 Å². The molecule has 1 aliphatic rings. The van der Waals surface area contributed by atoms with Crippen LogP contribution in [-0.2, 0) is 16.1 Å². The Kier molecular flexibility index (Phi) is 7.41. The van der Waals surface area contributed by atoms with Gasteiger partial charge in [-0.3, -0.25) is 9.59 Å². The fraction of sp³-hybridized carbons (Fsp3) is 0.370. The number of rotatable bonds is 7. The van der Waals surface area contributed by atoms with Crippen molar-refractivity contribution in [3.63, 3.8) is 0 Å². The highest BCUT2D eigenvalue weighted by atomic mass is 32.2. The van der Waals surface area contributed by atoms with Gasteiger partial charge in [-0.25, -0.2) is 4.68 Å². The summed E-state index contributed by atoms with van der Waals surface area (Å²) in [5, 5.41) is 8.75. The van der Waals surface area contributed by atoms with Crippen molar-refractivity contribution in [3.05, 3.63) is 77.0 Å². The van der Waals surface area contributed by atoms with Crippen molar-refractivity contribution in [1.29, 1.82) is 0 Å². The van der Waals surface area contributed by atoms with E-state index in [1.165, 1.54) is 17.3 Å². The molecular formula is C27H32N4O2S. The summed E-state index contributed by atoms with van der Waals surface area (Å²) in [6.07, 6.45) is 0.833. The monoisotopic (exact) mass is 476 g/mol. The summed E-state index contributed by atoms with van der Waals surface area (Å²) in [6.45, 7) is 9.18. The molecule has 2 aromatic carbocycles. The standard InChI is InChI=1S/C27H32N4O2S/c1-18(2)14-15-30-23(32)17-34-27-24(20(4)29-31(27)22-8-6-5-7-9-22)25(30)26(33)28-16-21-12-10-19(3)11-13-21/h5-13,18,25H,14-17H2,1-4H3,(H,28,33)/t25-/m1/s1. The van der Waals surface area contributed by atoms with Gasteiger partial charge >= 0.3 is 0 Å². The van der Waals surface area contributed by atoms with Gasteiger partial charge in [-0.15, -0.1) is 0 Å². The molecule has 0 radical (unpaired) electrons. The van der Waals surface area contributed by atoms with Gasteiger partial charge in [-0.2, -0.15) is 5.10 Å². The maximum Gasteiger partial charge on any atom is 0.247 e. The van der Waals surface area contributed by atoms with Crippen LogP contribution in [-0.4, -0.2) is 38.8 Å². The van der Waals surface area contributed by atoms with Crippen LogP contribution in [0.15, 0.2) is 59.6 Å². The second-order valence-electron chi connectivity index (χ2n) is 9.22. The van der Waals surface area contributed by atoms with Gasteiger partial charge in [0.15, 0.2) is 0 Å². The van der Waals surface area contributed by atoms with Gasteiger partial charge in [0.2, 0.25) is 11.8 Å². The Morgan fingerprint density at radius 2 is 1.82 bits per heavy atom. The third-order valence-corrected chi connectivity index (χ3v) is 7.14. The summed E-state index contributed by atoms with van der Waals surface area (Å²) in [5.74, 6) is 0.520. The zero-order chi connectivity index (χ0) is 24.2. The first kappa shape index (κ1) is 24.1. The van der Waals surface area contributed by atoms with Crippen LogP contribution in [0, 0.1) is 19.8 Å². The number of hydrogen-bond donors (Lipinski definition) is 1. The maximum atomic E-state index is 13.7. The molecule has 4 rings (SSSR count). The van der Waals surface area contributed by atoms with E-state index in [0.29, 0.717) is 19.0 Å². The first-order valence-corrected chi connectivity index (χ1v) is 12.7. The van der Waals surface area contributed by atoms with E-state index in [2.05, 4.69) is 19.2 Å². The summed E-state index contributed by atoms with van der Waals surface area (Å²) in [4.78, 5) is 28.7. The molecule has 34 heavy (non-hydrogen) atoms. The lowest BCUT2D eigenvalue weighted by Crippen LogP contribution is -2.44. The molecule has 1 aliphatic heterocycles. The molecular weight excluding hydrogens is 444 g/mol. The number of nitrogens with zero attached hydrogens (tertiary/aromatic N) is 3. The Balaban J connectivity index is 1.72. The lowest BCUT2D eigenvalue weighted by Gasteiger charge is -2.30. The number of amides is 2. The number of nitrogens with one attached hydrogen (secondary N) is 1. The fourth-order valence-corrected chi connectivity index (χ4v) is 5.25. The van der Waals surface area contributed by atoms with E-state index in [-0.39, 0.29) is 17.6 Å². The number of thioether (sulfide) groups is 1. The van der Waals surface area contributed by atoms with Crippen LogP contribution < -0.4 is 5.32 Å². The third-order valence-electron chi connectivity index (χ3n) is 6.08. The molecule has 6 nitrogen and oxygen atoms in total. The van der Waals surface area contributed by atoms with Crippen LogP contribution in [0.25, 0.3) is 5.69 Å². The lowest BCUT2D eigenvalue weighted by atomic mass is 10.0. The summed E-state index contributed by atoms with van der Waals surface area (Å²) < 4.78 is 1.87. The molecule has 178 valence electrons. The average molecular weight is 477 g/mol. The molecule has 0 unspecified atom stereocenters. The largest absolute Gasteiger partial charge is 0.350 e. The summed E-state index contributed by atoms with van der Waals surface area (Å²) in [7, 11) is 0. The van der Waals surface area contributed by atoms with Crippen LogP contribution >= 0.6 is 11.8 Å². The van der Waals surface area contributed by atoms with Gasteiger partial charge in [0.1, 0.15) is 11.1 Å². The molecule has 2 heterocycles. The van der Waals surface area contributed by atoms with Crippen LogP contribution in [0.1, 0.15) is 48.7 Å². The summed E-state index contributed by atoms with van der Waals surface area (Å²) in [5.41, 5.74) is 4.71. The summed E-state index contributed by atoms with van der Waals surface area (Å²) in [6, 6.07) is 17.3. The zero-order valence-corrected chi connectivity index (χ0v) is 21.1. The highest BCUT2D eigenvalue weighted by Crippen LogP contribution is 2.39. The van der Waals surface area contributed by atoms with Gasteiger partial charge in [-0.05, 0) is 43.9 Å². The zero-order valence-electron chi connectivity index (χ0n) is 20.2. The van der Waals surface area contributed by atoms with Gasteiger partial charge in [0, 0.05) is 18.7 Å². The number of aryl methyl sites for hydroxylation is 2. The van der Waals surface area contributed by atoms with E-state index in [9.17, 15) is 9.59 Å². The van der Waals surface area contributed by atoms with Gasteiger partial charge < -0.3 is 10.2 Å². The second-order valence-corrected chi connectivity index (χ2v) is 10.2. The first-order valence-electron chi connectivity index (χ1n) is 11.8. The van der Waals surface area contributed by atoms with Gasteiger partial charge in [0.25, 0.3) is 0 Å². The molecule has 3 aromatic rings. The van der Waals surface area contributed by atoms with Crippen molar-refractivity contribution in [2.75, 3.05) is 12.3 Å². The highest BCUT2D eigenvalue weighted by molar-refractivity contribution is 8.00. The topological polar surface area (TPSA) is 67.2 Å². The quantitative estimate of drug-likeness (QED) is 0.531. The average Bonchev–Trinajstić information content (AvgIpc) is 3.07. The number of fused-ring (bicyclic) bond motifs is 1. The lowest BCUT2D eigenvalue weighted by molar-refractivity contribution is -0.139. The van der Waals surface area contributed by atoms with Crippen molar-refractivity contribution in [2.45, 2.75) is 51.7 Å². The van der Waals surface area contributed by atoms with Crippen LogP contribution in [0.2, 0.25) is 0 Å². The number of benzene rings is 2. The van der Waals surface area contributed by atoms with Crippen LogP contribution in [0.3, 0.4) is 0 Å². The Bertz CT molecular complexity index is 1160. The molecule has 0 fully saturated rings. The summed E-state index contributed by atoms with van der Waals surface area (Å²) >= 11 is 1.46. The van der Waals surface area contributed by atoms with E-state index in [0.717, 1.165) is 34.0 Å². The Labute approximate surface area is 205 Å². The van der Waals surface area contributed by atoms with Gasteiger partial charge in [0.05, 0.1) is 17.1 Å². The SMILES string of the molecule is Cc1ccc(CNC(=O)[C@H]2c3c(C)nn(-c4ccccc4)c3SCC(=O)N2CCC(C)C)cc1. The minimum atomic E-state index is -0.709. The van der Waals surface area contributed by atoms with Crippen molar-refractivity contribution in [2.24, 2.45) is 5.92 Å². The number of carbonyl (C=O) groups is 2. The fourth-order valence-electron chi connectivity index (χ4n) is 4.14. The number of para-hydroxylation sites is 1. The van der Waals surface area contributed by atoms with Crippen LogP contribution in [0.4, 0.5) is 0 Å². The molecule has 1 aromatic heterocycles. The van der Waals surface area contributed by atoms with Gasteiger partial charge in [-0.1, -0.05) is 73.6 Å². The predicted octanol–water partition coefficient (Wildman–Crippen LogP) is 4.83. The number of carbonyl (C=O) groups excluding carboxylic acids is 2. The number of aromatic nitrogens is 2. The molecule has 0 aliphatic carbocycles. The first-order chi connectivity index (χ1) is 16.3. The highest BCUT2D eigenvalue weighted by Gasteiger charge is 2.39. The molecule has 1 N–H and O–H groups in total. The molecule has 0 spiro atoms. The van der Waals surface area contributed by atoms with E-state index < -0.39 is 6.04 Å². The maximum absolute atomic E-state index is 13.7. The normalized spacial score (nSPS) is 15.9. The van der Waals surface area contributed by atoms with Crippen molar-refractivity contribution < 1.29 is 9.59 Å². The molecule has 0 saturated heterocycles. The molecule has 0 bridgehead atoms. The van der Waals surface area contributed by atoms with Crippen molar-refractivity contribution in [1.82, 2.24) is 20.0 Å². The van der Waals surface area contributed by atoms with E-state index in [1.807, 2.05) is 73.1 Å². The smallest absolute Gasteiger partial charge is 0.247 e. The predicted molar refractivity (Wildman–Crippen MR) is 136 cm³/mol. The Hall–Kier alpha value is -3.06. The molecule has 7 heteroatoms. The Morgan fingerprint density at radius 3 is 2.50 bits per heavy atom. The van der Waals surface area contributed by atoms with Crippen molar-refractivity contribution in [3.8, 4) is 5.69 Å². The molecule has 0 saturated carbocycles. The van der Waals surface area contributed by atoms with Crippen LogP contribution in [0.5, 0.6) is 0 Å². The number of hydrogen-bond acceptors (Lipinski definition) is 4. The molecule has 1 atom stereocenters. The molecule has 2 amide bonds. The third kappa shape index (κ3) is 5.20. The van der Waals surface area contributed by atoms with E-state index in [1.54, 1.807) is 4.90 Å².